The van der Waals surface area contributed by atoms with Gasteiger partial charge in [0, 0.05) is 5.56 Å². The Bertz CT molecular complexity index is 1520. The first-order valence-electron chi connectivity index (χ1n) is 11.2. The Morgan fingerprint density at radius 3 is 2.44 bits per heavy atom. The highest BCUT2D eigenvalue weighted by molar-refractivity contribution is 5.91. The van der Waals surface area contributed by atoms with E-state index in [-0.39, 0.29) is 29.3 Å². The van der Waals surface area contributed by atoms with Crippen molar-refractivity contribution in [2.75, 3.05) is 5.43 Å². The molecule has 0 fully saturated rings. The summed E-state index contributed by atoms with van der Waals surface area (Å²) in [5.74, 6) is -0.255. The lowest BCUT2D eigenvalue weighted by Gasteiger charge is -2.09. The number of hydrogen-bond acceptors (Lipinski definition) is 7. The van der Waals surface area contributed by atoms with E-state index in [4.69, 9.17) is 4.74 Å². The highest BCUT2D eigenvalue weighted by Crippen LogP contribution is 2.22. The lowest BCUT2D eigenvalue weighted by Crippen LogP contribution is -2.16. The highest BCUT2D eigenvalue weighted by atomic mass is 16.5. The number of esters is 1. The fourth-order valence-corrected chi connectivity index (χ4v) is 3.51. The van der Waals surface area contributed by atoms with Crippen molar-refractivity contribution in [2.24, 2.45) is 5.10 Å². The quantitative estimate of drug-likeness (QED) is 0.220. The number of aromatic amines is 1. The van der Waals surface area contributed by atoms with Gasteiger partial charge in [-0.2, -0.15) is 10.4 Å². The first-order valence-corrected chi connectivity index (χ1v) is 11.2. The zero-order valence-electron chi connectivity index (χ0n) is 19.7. The van der Waals surface area contributed by atoms with Crippen LogP contribution in [0.15, 0.2) is 88.8 Å². The van der Waals surface area contributed by atoms with Crippen LogP contribution in [-0.4, -0.2) is 28.3 Å². The van der Waals surface area contributed by atoms with Crippen LogP contribution in [0.1, 0.15) is 35.3 Å². The number of benzene rings is 3. The van der Waals surface area contributed by atoms with Crippen molar-refractivity contribution < 1.29 is 9.53 Å². The van der Waals surface area contributed by atoms with Crippen LogP contribution >= 0.6 is 0 Å². The summed E-state index contributed by atoms with van der Waals surface area (Å²) in [4.78, 5) is 31.6. The molecular formula is C28H23N5O3. The lowest BCUT2D eigenvalue weighted by molar-refractivity contribution is 0.0378. The average molecular weight is 478 g/mol. The minimum Gasteiger partial charge on any atom is -0.459 e. The molecule has 0 aliphatic heterocycles. The third-order valence-corrected chi connectivity index (χ3v) is 5.12. The molecular weight excluding hydrogens is 454 g/mol. The first kappa shape index (κ1) is 24.1. The summed E-state index contributed by atoms with van der Waals surface area (Å²) in [5.41, 5.74) is 6.06. The number of carbonyl (C=O) groups is 1. The van der Waals surface area contributed by atoms with E-state index in [1.165, 1.54) is 0 Å². The van der Waals surface area contributed by atoms with Gasteiger partial charge in [0.2, 0.25) is 5.95 Å². The van der Waals surface area contributed by atoms with E-state index in [0.29, 0.717) is 11.1 Å². The Kier molecular flexibility index (Phi) is 7.32. The van der Waals surface area contributed by atoms with Gasteiger partial charge in [0.05, 0.1) is 23.6 Å². The van der Waals surface area contributed by atoms with Gasteiger partial charge in [-0.15, -0.1) is 0 Å². The number of nitrogens with zero attached hydrogens (tertiary/aromatic N) is 3. The molecule has 36 heavy (non-hydrogen) atoms. The van der Waals surface area contributed by atoms with Gasteiger partial charge in [0.15, 0.2) is 0 Å². The summed E-state index contributed by atoms with van der Waals surface area (Å²) in [6.07, 6.45) is 1.39. The van der Waals surface area contributed by atoms with Gasteiger partial charge in [0.25, 0.3) is 5.56 Å². The molecule has 0 aliphatic carbocycles. The van der Waals surface area contributed by atoms with Crippen LogP contribution in [-0.2, 0) is 4.74 Å². The molecule has 178 valence electrons. The van der Waals surface area contributed by atoms with Crippen LogP contribution < -0.4 is 11.0 Å². The monoisotopic (exact) mass is 477 g/mol. The second-order valence-corrected chi connectivity index (χ2v) is 8.15. The van der Waals surface area contributed by atoms with Crippen molar-refractivity contribution in [1.29, 1.82) is 5.26 Å². The largest absolute Gasteiger partial charge is 0.459 e. The van der Waals surface area contributed by atoms with Gasteiger partial charge in [-0.3, -0.25) is 9.78 Å². The smallest absolute Gasteiger partial charge is 0.338 e. The van der Waals surface area contributed by atoms with E-state index in [1.54, 1.807) is 42.6 Å². The van der Waals surface area contributed by atoms with Crippen molar-refractivity contribution in [2.45, 2.75) is 20.0 Å². The summed E-state index contributed by atoms with van der Waals surface area (Å²) in [6.45, 7) is 3.62. The number of hydrazone groups is 1. The Labute approximate surface area is 207 Å². The molecule has 0 radical (unpaired) electrons. The Morgan fingerprint density at radius 1 is 1.03 bits per heavy atom. The summed E-state index contributed by atoms with van der Waals surface area (Å²) >= 11 is 0. The average Bonchev–Trinajstić information content (AvgIpc) is 2.89. The van der Waals surface area contributed by atoms with Gasteiger partial charge in [-0.05, 0) is 48.7 Å². The van der Waals surface area contributed by atoms with Crippen molar-refractivity contribution in [3.63, 3.8) is 0 Å². The highest BCUT2D eigenvalue weighted by Gasteiger charge is 2.13. The number of hydrogen-bond donors (Lipinski definition) is 2. The van der Waals surface area contributed by atoms with E-state index in [9.17, 15) is 14.9 Å². The number of nitrogens with one attached hydrogen (secondary N) is 2. The zero-order chi connectivity index (χ0) is 25.5. The third-order valence-electron chi connectivity index (χ3n) is 5.12. The van der Waals surface area contributed by atoms with Crippen LogP contribution in [0.3, 0.4) is 0 Å². The number of carbonyl (C=O) groups excluding carboxylic acids is 1. The maximum Gasteiger partial charge on any atom is 0.338 e. The predicted octanol–water partition coefficient (Wildman–Crippen LogP) is 4.99. The molecule has 0 bridgehead atoms. The zero-order valence-corrected chi connectivity index (χ0v) is 19.7. The van der Waals surface area contributed by atoms with Crippen molar-refractivity contribution >= 4 is 18.1 Å². The molecule has 4 rings (SSSR count). The summed E-state index contributed by atoms with van der Waals surface area (Å²) in [5, 5.41) is 13.6. The van der Waals surface area contributed by atoms with Crippen molar-refractivity contribution in [1.82, 2.24) is 9.97 Å². The molecule has 0 saturated heterocycles. The maximum absolute atomic E-state index is 12.4. The van der Waals surface area contributed by atoms with Crippen LogP contribution in [0.4, 0.5) is 5.95 Å². The number of nitriles is 1. The molecule has 0 spiro atoms. The molecule has 0 saturated carbocycles. The summed E-state index contributed by atoms with van der Waals surface area (Å²) < 4.78 is 5.29. The number of anilines is 1. The van der Waals surface area contributed by atoms with Gasteiger partial charge >= 0.3 is 5.97 Å². The number of H-pyrrole nitrogens is 1. The van der Waals surface area contributed by atoms with Crippen LogP contribution in [0, 0.1) is 11.3 Å². The van der Waals surface area contributed by atoms with Gasteiger partial charge < -0.3 is 4.74 Å². The third kappa shape index (κ3) is 5.72. The molecule has 1 aromatic heterocycles. The summed E-state index contributed by atoms with van der Waals surface area (Å²) in [6, 6.07) is 25.8. The fourth-order valence-electron chi connectivity index (χ4n) is 3.51. The minimum absolute atomic E-state index is 0.0667. The lowest BCUT2D eigenvalue weighted by atomic mass is 10.0. The topological polar surface area (TPSA) is 120 Å². The predicted molar refractivity (Wildman–Crippen MR) is 139 cm³/mol. The second-order valence-electron chi connectivity index (χ2n) is 8.15. The van der Waals surface area contributed by atoms with Crippen molar-refractivity contribution in [3.05, 3.63) is 106 Å². The number of aromatic nitrogens is 2. The Hall–Kier alpha value is -5.03. The first-order chi connectivity index (χ1) is 17.4. The minimum atomic E-state index is -0.554. The molecule has 8 heteroatoms. The van der Waals surface area contributed by atoms with Crippen molar-refractivity contribution in [3.8, 4) is 28.5 Å². The Balaban J connectivity index is 1.55. The summed E-state index contributed by atoms with van der Waals surface area (Å²) in [7, 11) is 0. The maximum atomic E-state index is 12.4. The van der Waals surface area contributed by atoms with E-state index >= 15 is 0 Å². The normalized spacial score (nSPS) is 10.8. The van der Waals surface area contributed by atoms with Crippen LogP contribution in [0.5, 0.6) is 0 Å². The molecule has 0 amide bonds. The molecule has 4 aromatic rings. The van der Waals surface area contributed by atoms with Gasteiger partial charge in [-0.25, -0.2) is 15.2 Å². The molecule has 0 aliphatic rings. The SMILES string of the molecule is CC(C)OC(=O)c1cccc(-c2cccc(C=NNc3nc(-c4ccccc4)c(C#N)c(=O)[nH]3)c2)c1. The van der Waals surface area contributed by atoms with E-state index in [1.807, 2.05) is 62.4 Å². The van der Waals surface area contributed by atoms with Crippen LogP contribution in [0.25, 0.3) is 22.4 Å². The van der Waals surface area contributed by atoms with Crippen LogP contribution in [0.2, 0.25) is 0 Å². The number of ether oxygens (including phenoxy) is 1. The fraction of sp³-hybridized carbons (Fsp3) is 0.107. The molecule has 3 aromatic carbocycles. The van der Waals surface area contributed by atoms with E-state index in [0.717, 1.165) is 16.7 Å². The van der Waals surface area contributed by atoms with Gasteiger partial charge in [0.1, 0.15) is 11.6 Å². The van der Waals surface area contributed by atoms with E-state index < -0.39 is 5.56 Å². The Morgan fingerprint density at radius 2 is 1.72 bits per heavy atom. The van der Waals surface area contributed by atoms with E-state index in [2.05, 4.69) is 20.5 Å². The molecule has 2 N–H and O–H groups in total. The second kappa shape index (κ2) is 10.9. The van der Waals surface area contributed by atoms with Gasteiger partial charge in [-0.1, -0.05) is 60.7 Å². The molecule has 8 nitrogen and oxygen atoms in total. The standard InChI is InChI=1S/C28H23N5O3/c1-18(2)36-27(35)23-13-7-12-22(15-23)21-11-6-8-19(14-21)17-30-33-28-31-25(20-9-4-3-5-10-20)24(16-29)26(34)32-28/h3-15,17-18H,1-2H3,(H2,31,32,33,34). The molecule has 1 heterocycles. The molecule has 0 unspecified atom stereocenters. The number of rotatable bonds is 7. The molecule has 0 atom stereocenters.